The number of hydrogen-bond donors (Lipinski definition) is 5. The molecule has 3 amide bonds. The topological polar surface area (TPSA) is 111 Å². The molecule has 0 saturated carbocycles. The lowest BCUT2D eigenvalue weighted by molar-refractivity contribution is -0.110. The summed E-state index contributed by atoms with van der Waals surface area (Å²) in [5.74, 6) is -0.135. The fraction of sp³-hybridized carbons (Fsp3) is 0.148. The summed E-state index contributed by atoms with van der Waals surface area (Å²) in [7, 11) is 0. The van der Waals surface area contributed by atoms with E-state index in [2.05, 4.69) is 52.0 Å². The first-order valence-electron chi connectivity index (χ1n) is 11.5. The predicted molar refractivity (Wildman–Crippen MR) is 147 cm³/mol. The number of nitrogens with zero attached hydrogens (tertiary/aromatic N) is 1. The van der Waals surface area contributed by atoms with Crippen LogP contribution in [0.3, 0.4) is 0 Å². The second kappa shape index (κ2) is 9.35. The highest BCUT2D eigenvalue weighted by Gasteiger charge is 2.24. The molecule has 3 heterocycles. The van der Waals surface area contributed by atoms with E-state index in [4.69, 9.17) is 0 Å². The number of carbonyl (C=O) groups excluding carboxylic acids is 2. The molecule has 0 fully saturated rings. The SMILES string of the molecule is CC(C)(C)c1csc(NC(=O)Nc2cccc(Nc3ccc4c(c3)NC(=O)C4=Cc3ccc[nH]3)c2)n1. The van der Waals surface area contributed by atoms with Gasteiger partial charge in [-0.1, -0.05) is 32.9 Å². The van der Waals surface area contributed by atoms with Crippen LogP contribution in [-0.2, 0) is 10.2 Å². The van der Waals surface area contributed by atoms with Crippen molar-refractivity contribution in [2.75, 3.05) is 21.3 Å². The molecule has 182 valence electrons. The van der Waals surface area contributed by atoms with Gasteiger partial charge in [0.15, 0.2) is 5.13 Å². The van der Waals surface area contributed by atoms with Gasteiger partial charge in [-0.2, -0.15) is 0 Å². The van der Waals surface area contributed by atoms with Crippen LogP contribution in [0.5, 0.6) is 0 Å². The smallest absolute Gasteiger partial charge is 0.325 e. The minimum Gasteiger partial charge on any atom is -0.362 e. The van der Waals surface area contributed by atoms with Crippen molar-refractivity contribution in [3.05, 3.63) is 83.1 Å². The zero-order valence-electron chi connectivity index (χ0n) is 20.1. The number of H-pyrrole nitrogens is 1. The number of rotatable bonds is 5. The van der Waals surface area contributed by atoms with Gasteiger partial charge in [0.1, 0.15) is 0 Å². The highest BCUT2D eigenvalue weighted by Crippen LogP contribution is 2.36. The van der Waals surface area contributed by atoms with Crippen molar-refractivity contribution in [2.45, 2.75) is 26.2 Å². The molecule has 5 rings (SSSR count). The van der Waals surface area contributed by atoms with Crippen LogP contribution in [0.4, 0.5) is 32.7 Å². The van der Waals surface area contributed by atoms with E-state index in [0.717, 1.165) is 34.0 Å². The number of anilines is 5. The van der Waals surface area contributed by atoms with Crippen molar-refractivity contribution < 1.29 is 9.59 Å². The number of aromatic nitrogens is 2. The summed E-state index contributed by atoms with van der Waals surface area (Å²) in [5.41, 5.74) is 6.19. The van der Waals surface area contributed by atoms with Crippen LogP contribution in [0.15, 0.2) is 66.2 Å². The summed E-state index contributed by atoms with van der Waals surface area (Å²) in [5, 5.41) is 14.4. The second-order valence-electron chi connectivity index (χ2n) is 9.47. The predicted octanol–water partition coefficient (Wildman–Crippen LogP) is 6.65. The molecule has 4 aromatic rings. The Morgan fingerprint density at radius 3 is 2.56 bits per heavy atom. The van der Waals surface area contributed by atoms with Crippen LogP contribution in [0.1, 0.15) is 37.7 Å². The van der Waals surface area contributed by atoms with Crippen LogP contribution in [-0.4, -0.2) is 21.9 Å². The van der Waals surface area contributed by atoms with Crippen molar-refractivity contribution in [3.63, 3.8) is 0 Å². The lowest BCUT2D eigenvalue weighted by Crippen LogP contribution is -2.19. The number of fused-ring (bicyclic) bond motifs is 1. The first-order chi connectivity index (χ1) is 17.2. The van der Waals surface area contributed by atoms with Crippen molar-refractivity contribution in [2.24, 2.45) is 0 Å². The standard InChI is InChI=1S/C27H26N6O2S/c1-27(2,3)23-15-36-26(32-23)33-25(35)30-18-7-4-6-17(12-18)29-19-9-10-20-21(13-16-8-5-11-28-16)24(34)31-22(20)14-19/h4-15,28-29H,1-3H3,(H,31,34)(H2,30,32,33,35). The van der Waals surface area contributed by atoms with E-state index < -0.39 is 0 Å². The minimum absolute atomic E-state index is 0.0761. The van der Waals surface area contributed by atoms with Crippen LogP contribution in [0.25, 0.3) is 11.6 Å². The van der Waals surface area contributed by atoms with Gasteiger partial charge in [0.05, 0.1) is 17.0 Å². The Hall–Kier alpha value is -4.37. The Kier molecular flexibility index (Phi) is 6.07. The number of hydrogen-bond acceptors (Lipinski definition) is 5. The number of aromatic amines is 1. The van der Waals surface area contributed by atoms with Gasteiger partial charge >= 0.3 is 6.03 Å². The number of benzene rings is 2. The summed E-state index contributed by atoms with van der Waals surface area (Å²) >= 11 is 1.40. The maximum atomic E-state index is 12.5. The van der Waals surface area contributed by atoms with E-state index in [0.29, 0.717) is 16.4 Å². The van der Waals surface area contributed by atoms with E-state index in [1.165, 1.54) is 11.3 Å². The molecule has 0 bridgehead atoms. The van der Waals surface area contributed by atoms with Gasteiger partial charge in [0.25, 0.3) is 5.91 Å². The number of amides is 3. The fourth-order valence-corrected chi connectivity index (χ4v) is 4.71. The van der Waals surface area contributed by atoms with Crippen molar-refractivity contribution >= 4 is 62.8 Å². The Morgan fingerprint density at radius 1 is 1.00 bits per heavy atom. The molecule has 0 atom stereocenters. The molecule has 2 aromatic heterocycles. The van der Waals surface area contributed by atoms with Crippen LogP contribution >= 0.6 is 11.3 Å². The van der Waals surface area contributed by atoms with E-state index in [1.807, 2.05) is 72.3 Å². The van der Waals surface area contributed by atoms with Crippen molar-refractivity contribution in [1.82, 2.24) is 9.97 Å². The molecule has 5 N–H and O–H groups in total. The Morgan fingerprint density at radius 2 is 1.81 bits per heavy atom. The third-order valence-electron chi connectivity index (χ3n) is 5.63. The normalized spacial score (nSPS) is 13.9. The molecule has 1 aliphatic heterocycles. The molecular formula is C27H26N6O2S. The molecule has 9 heteroatoms. The van der Waals surface area contributed by atoms with E-state index in [9.17, 15) is 9.59 Å². The summed E-state index contributed by atoms with van der Waals surface area (Å²) in [6.45, 7) is 6.25. The van der Waals surface area contributed by atoms with Gasteiger partial charge < -0.3 is 20.9 Å². The Balaban J connectivity index is 1.26. The highest BCUT2D eigenvalue weighted by atomic mass is 32.1. The molecule has 8 nitrogen and oxygen atoms in total. The molecule has 0 aliphatic carbocycles. The summed E-state index contributed by atoms with van der Waals surface area (Å²) < 4.78 is 0. The molecule has 1 aliphatic rings. The lowest BCUT2D eigenvalue weighted by Gasteiger charge is -2.14. The molecule has 0 saturated heterocycles. The average Bonchev–Trinajstić information content (AvgIpc) is 3.55. The average molecular weight is 499 g/mol. The molecule has 36 heavy (non-hydrogen) atoms. The van der Waals surface area contributed by atoms with Gasteiger partial charge in [-0.15, -0.1) is 11.3 Å². The molecule has 0 radical (unpaired) electrons. The van der Waals surface area contributed by atoms with Crippen LogP contribution in [0.2, 0.25) is 0 Å². The maximum absolute atomic E-state index is 12.5. The third kappa shape index (κ3) is 5.16. The number of carbonyl (C=O) groups is 2. The van der Waals surface area contributed by atoms with Crippen molar-refractivity contribution in [1.29, 1.82) is 0 Å². The zero-order chi connectivity index (χ0) is 25.3. The van der Waals surface area contributed by atoms with E-state index >= 15 is 0 Å². The van der Waals surface area contributed by atoms with Crippen LogP contribution in [0, 0.1) is 0 Å². The largest absolute Gasteiger partial charge is 0.362 e. The second-order valence-corrected chi connectivity index (χ2v) is 10.3. The summed E-state index contributed by atoms with van der Waals surface area (Å²) in [6.07, 6.45) is 3.66. The Labute approximate surface area is 212 Å². The van der Waals surface area contributed by atoms with E-state index in [-0.39, 0.29) is 17.4 Å². The first kappa shape index (κ1) is 23.4. The number of thiazole rings is 1. The van der Waals surface area contributed by atoms with Gasteiger partial charge in [-0.3, -0.25) is 10.1 Å². The minimum atomic E-state index is -0.358. The highest BCUT2D eigenvalue weighted by molar-refractivity contribution is 7.14. The molecular weight excluding hydrogens is 472 g/mol. The molecule has 0 unspecified atom stereocenters. The van der Waals surface area contributed by atoms with Gasteiger partial charge in [0, 0.05) is 45.3 Å². The Bertz CT molecular complexity index is 1460. The van der Waals surface area contributed by atoms with Gasteiger partial charge in [0.2, 0.25) is 0 Å². The number of urea groups is 1. The quantitative estimate of drug-likeness (QED) is 0.198. The monoisotopic (exact) mass is 498 g/mol. The summed E-state index contributed by atoms with van der Waals surface area (Å²) in [6, 6.07) is 16.6. The molecule has 0 spiro atoms. The molecule has 2 aromatic carbocycles. The third-order valence-corrected chi connectivity index (χ3v) is 6.38. The first-order valence-corrected chi connectivity index (χ1v) is 12.3. The summed E-state index contributed by atoms with van der Waals surface area (Å²) in [4.78, 5) is 32.6. The van der Waals surface area contributed by atoms with Crippen LogP contribution < -0.4 is 21.3 Å². The van der Waals surface area contributed by atoms with Gasteiger partial charge in [-0.25, -0.2) is 9.78 Å². The zero-order valence-corrected chi connectivity index (χ0v) is 20.9. The van der Waals surface area contributed by atoms with Crippen molar-refractivity contribution in [3.8, 4) is 0 Å². The maximum Gasteiger partial charge on any atom is 0.325 e. The van der Waals surface area contributed by atoms with E-state index in [1.54, 1.807) is 0 Å². The number of nitrogens with one attached hydrogen (secondary N) is 5. The fourth-order valence-electron chi connectivity index (χ4n) is 3.78. The van der Waals surface area contributed by atoms with Gasteiger partial charge in [-0.05, 0) is 48.5 Å². The lowest BCUT2D eigenvalue weighted by atomic mass is 9.93.